The Bertz CT molecular complexity index is 225. The van der Waals surface area contributed by atoms with Crippen molar-refractivity contribution in [1.29, 1.82) is 0 Å². The Balaban J connectivity index is 1.86. The summed E-state index contributed by atoms with van der Waals surface area (Å²) in [5.41, 5.74) is 0. The molecule has 0 amide bonds. The van der Waals surface area contributed by atoms with Gasteiger partial charge in [-0.2, -0.15) is 0 Å². The van der Waals surface area contributed by atoms with Gasteiger partial charge in [-0.05, 0) is 25.8 Å². The fourth-order valence-corrected chi connectivity index (χ4v) is 2.53. The van der Waals surface area contributed by atoms with Crippen LogP contribution in [0.5, 0.6) is 0 Å². The van der Waals surface area contributed by atoms with Gasteiger partial charge in [0.2, 0.25) is 0 Å². The smallest absolute Gasteiger partial charge is 0.132 e. The topological polar surface area (TPSA) is 29.5 Å². The highest BCUT2D eigenvalue weighted by molar-refractivity contribution is 5.78. The molecular weight excluding hydrogens is 238 g/mol. The van der Waals surface area contributed by atoms with Crippen LogP contribution in [-0.2, 0) is 9.53 Å². The minimum absolute atomic E-state index is 0.471. The molecular formula is C16H31NO2. The number of Topliss-reactive ketones (excluding diaryl/α,β-unsaturated/α-hetero) is 1. The molecule has 19 heavy (non-hydrogen) atoms. The lowest BCUT2D eigenvalue weighted by molar-refractivity contribution is -0.119. The van der Waals surface area contributed by atoms with Gasteiger partial charge in [-0.1, -0.05) is 32.6 Å². The van der Waals surface area contributed by atoms with E-state index in [4.69, 9.17) is 4.74 Å². The van der Waals surface area contributed by atoms with Crippen LogP contribution in [-0.4, -0.2) is 43.5 Å². The maximum Gasteiger partial charge on any atom is 0.132 e. The quantitative estimate of drug-likeness (QED) is 0.538. The first-order valence-electron chi connectivity index (χ1n) is 8.14. The second kappa shape index (κ2) is 11.4. The van der Waals surface area contributed by atoms with E-state index in [-0.39, 0.29) is 0 Å². The third-order valence-corrected chi connectivity index (χ3v) is 3.84. The van der Waals surface area contributed by atoms with Crippen LogP contribution >= 0.6 is 0 Å². The first-order valence-corrected chi connectivity index (χ1v) is 8.14. The third-order valence-electron chi connectivity index (χ3n) is 3.84. The number of ether oxygens (including phenoxy) is 1. The second-order valence-electron chi connectivity index (χ2n) is 5.61. The van der Waals surface area contributed by atoms with Crippen molar-refractivity contribution in [2.45, 2.75) is 64.7 Å². The molecule has 0 bridgehead atoms. The molecule has 1 heterocycles. The molecule has 1 saturated heterocycles. The van der Waals surface area contributed by atoms with E-state index in [2.05, 4.69) is 11.8 Å². The molecule has 112 valence electrons. The van der Waals surface area contributed by atoms with Gasteiger partial charge in [0.25, 0.3) is 0 Å². The maximum atomic E-state index is 11.7. The zero-order valence-corrected chi connectivity index (χ0v) is 12.7. The fraction of sp³-hybridized carbons (Fsp3) is 0.938. The van der Waals surface area contributed by atoms with Crippen molar-refractivity contribution >= 4 is 5.78 Å². The zero-order valence-electron chi connectivity index (χ0n) is 12.7. The van der Waals surface area contributed by atoms with E-state index >= 15 is 0 Å². The molecule has 0 spiro atoms. The van der Waals surface area contributed by atoms with Gasteiger partial charge in [-0.15, -0.1) is 0 Å². The number of carbonyl (C=O) groups is 1. The summed E-state index contributed by atoms with van der Waals surface area (Å²) >= 11 is 0. The summed E-state index contributed by atoms with van der Waals surface area (Å²) < 4.78 is 5.32. The number of hydrogen-bond acceptors (Lipinski definition) is 3. The van der Waals surface area contributed by atoms with E-state index in [1.165, 1.54) is 25.7 Å². The Hall–Kier alpha value is -0.410. The number of nitrogens with zero attached hydrogens (tertiary/aromatic N) is 1. The van der Waals surface area contributed by atoms with Gasteiger partial charge in [-0.25, -0.2) is 0 Å². The van der Waals surface area contributed by atoms with Crippen LogP contribution in [0, 0.1) is 0 Å². The highest BCUT2D eigenvalue weighted by Crippen LogP contribution is 2.08. The van der Waals surface area contributed by atoms with Gasteiger partial charge >= 0.3 is 0 Å². The summed E-state index contributed by atoms with van der Waals surface area (Å²) in [5.74, 6) is 0.471. The fourth-order valence-electron chi connectivity index (χ4n) is 2.53. The maximum absolute atomic E-state index is 11.7. The SMILES string of the molecule is CCCCCCCC(=O)CCCCN1CCOCC1. The summed E-state index contributed by atoms with van der Waals surface area (Å²) in [5, 5.41) is 0. The molecule has 0 aromatic rings. The van der Waals surface area contributed by atoms with E-state index < -0.39 is 0 Å². The van der Waals surface area contributed by atoms with Crippen molar-refractivity contribution in [3.05, 3.63) is 0 Å². The second-order valence-corrected chi connectivity index (χ2v) is 5.61. The number of ketones is 1. The van der Waals surface area contributed by atoms with Crippen LogP contribution < -0.4 is 0 Å². The molecule has 1 fully saturated rings. The van der Waals surface area contributed by atoms with E-state index in [1.807, 2.05) is 0 Å². The van der Waals surface area contributed by atoms with E-state index in [0.717, 1.165) is 65.0 Å². The van der Waals surface area contributed by atoms with Crippen molar-refractivity contribution in [2.75, 3.05) is 32.8 Å². The van der Waals surface area contributed by atoms with Gasteiger partial charge in [0.1, 0.15) is 5.78 Å². The largest absolute Gasteiger partial charge is 0.379 e. The summed E-state index contributed by atoms with van der Waals surface area (Å²) in [4.78, 5) is 14.1. The van der Waals surface area contributed by atoms with Crippen LogP contribution in [0.15, 0.2) is 0 Å². The summed E-state index contributed by atoms with van der Waals surface area (Å²) in [6.07, 6.45) is 10.0. The molecule has 0 saturated carbocycles. The number of morpholine rings is 1. The third kappa shape index (κ3) is 9.17. The average molecular weight is 269 g/mol. The monoisotopic (exact) mass is 269 g/mol. The van der Waals surface area contributed by atoms with E-state index in [0.29, 0.717) is 5.78 Å². The Kier molecular flexibility index (Phi) is 10.0. The van der Waals surface area contributed by atoms with Gasteiger partial charge in [0.15, 0.2) is 0 Å². The molecule has 0 aliphatic carbocycles. The number of rotatable bonds is 11. The molecule has 0 aromatic carbocycles. The Labute approximate surface area is 118 Å². The van der Waals surface area contributed by atoms with Crippen molar-refractivity contribution < 1.29 is 9.53 Å². The molecule has 0 radical (unpaired) electrons. The number of unbranched alkanes of at least 4 members (excludes halogenated alkanes) is 5. The Morgan fingerprint density at radius 3 is 2.26 bits per heavy atom. The van der Waals surface area contributed by atoms with Gasteiger partial charge in [0.05, 0.1) is 13.2 Å². The van der Waals surface area contributed by atoms with Gasteiger partial charge < -0.3 is 4.74 Å². The minimum atomic E-state index is 0.471. The number of carbonyl (C=O) groups excluding carboxylic acids is 1. The molecule has 0 unspecified atom stereocenters. The predicted octanol–water partition coefficient (Wildman–Crippen LogP) is 3.42. The molecule has 3 heteroatoms. The molecule has 1 aliphatic heterocycles. The van der Waals surface area contributed by atoms with Crippen molar-refractivity contribution in [3.8, 4) is 0 Å². The highest BCUT2D eigenvalue weighted by atomic mass is 16.5. The van der Waals surface area contributed by atoms with Crippen molar-refractivity contribution in [3.63, 3.8) is 0 Å². The first kappa shape index (κ1) is 16.6. The lowest BCUT2D eigenvalue weighted by Gasteiger charge is -2.26. The van der Waals surface area contributed by atoms with E-state index in [9.17, 15) is 4.79 Å². The number of hydrogen-bond donors (Lipinski definition) is 0. The van der Waals surface area contributed by atoms with Crippen LogP contribution in [0.2, 0.25) is 0 Å². The molecule has 0 aromatic heterocycles. The van der Waals surface area contributed by atoms with Crippen molar-refractivity contribution in [1.82, 2.24) is 4.90 Å². The lowest BCUT2D eigenvalue weighted by atomic mass is 10.1. The summed E-state index contributed by atoms with van der Waals surface area (Å²) in [6, 6.07) is 0. The molecule has 1 rings (SSSR count). The zero-order chi connectivity index (χ0) is 13.8. The molecule has 0 N–H and O–H groups in total. The minimum Gasteiger partial charge on any atom is -0.379 e. The van der Waals surface area contributed by atoms with Crippen LogP contribution in [0.25, 0.3) is 0 Å². The van der Waals surface area contributed by atoms with E-state index in [1.54, 1.807) is 0 Å². The molecule has 3 nitrogen and oxygen atoms in total. The average Bonchev–Trinajstić information content (AvgIpc) is 2.44. The standard InChI is InChI=1S/C16H31NO2/c1-2-3-4-5-6-9-16(18)10-7-8-11-17-12-14-19-15-13-17/h2-15H2,1H3. The molecule has 1 aliphatic rings. The lowest BCUT2D eigenvalue weighted by Crippen LogP contribution is -2.36. The Morgan fingerprint density at radius 2 is 1.58 bits per heavy atom. The molecule has 0 atom stereocenters. The normalized spacial score (nSPS) is 16.7. The Morgan fingerprint density at radius 1 is 0.947 bits per heavy atom. The van der Waals surface area contributed by atoms with Crippen molar-refractivity contribution in [2.24, 2.45) is 0 Å². The summed E-state index contributed by atoms with van der Waals surface area (Å²) in [6.45, 7) is 7.22. The van der Waals surface area contributed by atoms with Gasteiger partial charge in [0, 0.05) is 25.9 Å². The van der Waals surface area contributed by atoms with Crippen LogP contribution in [0.3, 0.4) is 0 Å². The van der Waals surface area contributed by atoms with Gasteiger partial charge in [-0.3, -0.25) is 9.69 Å². The summed E-state index contributed by atoms with van der Waals surface area (Å²) in [7, 11) is 0. The van der Waals surface area contributed by atoms with Crippen LogP contribution in [0.1, 0.15) is 64.7 Å². The highest BCUT2D eigenvalue weighted by Gasteiger charge is 2.09. The first-order chi connectivity index (χ1) is 9.33. The van der Waals surface area contributed by atoms with Crippen LogP contribution in [0.4, 0.5) is 0 Å². The predicted molar refractivity (Wildman–Crippen MR) is 79.5 cm³/mol.